The summed E-state index contributed by atoms with van der Waals surface area (Å²) >= 11 is 0. The van der Waals surface area contributed by atoms with Crippen LogP contribution in [0.3, 0.4) is 0 Å². The molecule has 110 valence electrons. The summed E-state index contributed by atoms with van der Waals surface area (Å²) in [7, 11) is 0. The van der Waals surface area contributed by atoms with Crippen molar-refractivity contribution < 1.29 is 9.84 Å². The van der Waals surface area contributed by atoms with Crippen LogP contribution in [0.25, 0.3) is 6.08 Å². The van der Waals surface area contributed by atoms with Gasteiger partial charge in [0.05, 0.1) is 0 Å². The number of fused-ring (bicyclic) bond motifs is 1. The highest BCUT2D eigenvalue weighted by Gasteiger charge is 2.12. The highest BCUT2D eigenvalue weighted by molar-refractivity contribution is 5.58. The number of aliphatic hydroxyl groups excluding tert-OH is 1. The number of hydrogen-bond donors (Lipinski definition) is 2. The predicted molar refractivity (Wildman–Crippen MR) is 83.1 cm³/mol. The first kappa shape index (κ1) is 15.1. The fourth-order valence-electron chi connectivity index (χ4n) is 2.37. The van der Waals surface area contributed by atoms with E-state index in [-0.39, 0.29) is 0 Å². The average molecular weight is 275 g/mol. The number of nitrogens with one attached hydrogen (secondary N) is 1. The molecule has 0 heterocycles. The normalized spacial score (nSPS) is 15.8. The number of rotatable bonds is 6. The van der Waals surface area contributed by atoms with Gasteiger partial charge in [0.15, 0.2) is 0 Å². The van der Waals surface area contributed by atoms with E-state index in [1.165, 1.54) is 11.1 Å². The van der Waals surface area contributed by atoms with Crippen molar-refractivity contribution in [1.29, 1.82) is 0 Å². The Labute approximate surface area is 121 Å². The van der Waals surface area contributed by atoms with Gasteiger partial charge in [-0.1, -0.05) is 38.1 Å². The van der Waals surface area contributed by atoms with Crippen LogP contribution in [-0.2, 0) is 6.42 Å². The smallest absolute Gasteiger partial charge is 0.123 e. The summed E-state index contributed by atoms with van der Waals surface area (Å²) in [5, 5.41) is 13.1. The van der Waals surface area contributed by atoms with E-state index >= 15 is 0 Å². The highest BCUT2D eigenvalue weighted by Crippen LogP contribution is 2.28. The highest BCUT2D eigenvalue weighted by atomic mass is 16.5. The van der Waals surface area contributed by atoms with Gasteiger partial charge in [-0.15, -0.1) is 0 Å². The molecule has 0 saturated heterocycles. The molecule has 0 bridgehead atoms. The van der Waals surface area contributed by atoms with E-state index in [4.69, 9.17) is 4.74 Å². The lowest BCUT2D eigenvalue weighted by Crippen LogP contribution is -2.35. The fraction of sp³-hybridized carbons (Fsp3) is 0.529. The molecule has 3 nitrogen and oxygen atoms in total. The minimum Gasteiger partial charge on any atom is -0.491 e. The van der Waals surface area contributed by atoms with Crippen LogP contribution in [0.15, 0.2) is 24.3 Å². The maximum absolute atomic E-state index is 9.92. The fourth-order valence-corrected chi connectivity index (χ4v) is 2.37. The van der Waals surface area contributed by atoms with Crippen molar-refractivity contribution in [2.45, 2.75) is 45.3 Å². The van der Waals surface area contributed by atoms with Gasteiger partial charge in [0.25, 0.3) is 0 Å². The minimum absolute atomic E-state index is 0.333. The molecular weight excluding hydrogens is 250 g/mol. The maximum Gasteiger partial charge on any atom is 0.123 e. The van der Waals surface area contributed by atoms with E-state index in [0.717, 1.165) is 25.0 Å². The van der Waals surface area contributed by atoms with Crippen LogP contribution in [0.4, 0.5) is 0 Å². The van der Waals surface area contributed by atoms with Gasteiger partial charge in [-0.2, -0.15) is 0 Å². The van der Waals surface area contributed by atoms with Crippen LogP contribution in [0.1, 0.15) is 37.8 Å². The van der Waals surface area contributed by atoms with E-state index in [0.29, 0.717) is 19.2 Å². The van der Waals surface area contributed by atoms with Gasteiger partial charge in [-0.25, -0.2) is 0 Å². The zero-order valence-corrected chi connectivity index (χ0v) is 12.4. The Morgan fingerprint density at radius 1 is 1.35 bits per heavy atom. The van der Waals surface area contributed by atoms with Gasteiger partial charge >= 0.3 is 0 Å². The monoisotopic (exact) mass is 275 g/mol. The molecule has 1 aliphatic carbocycles. The second-order valence-electron chi connectivity index (χ2n) is 5.65. The molecule has 1 aliphatic rings. The van der Waals surface area contributed by atoms with Gasteiger partial charge in [-0.05, 0) is 30.9 Å². The topological polar surface area (TPSA) is 41.5 Å². The van der Waals surface area contributed by atoms with Crippen molar-refractivity contribution >= 4 is 6.08 Å². The second kappa shape index (κ2) is 7.46. The summed E-state index contributed by atoms with van der Waals surface area (Å²) in [5.41, 5.74) is 2.51. The molecule has 0 radical (unpaired) electrons. The lowest BCUT2D eigenvalue weighted by Gasteiger charge is -2.17. The Balaban J connectivity index is 1.95. The molecule has 0 fully saturated rings. The molecule has 2 N–H and O–H groups in total. The SMILES string of the molecule is CC(C)NCC(O)COc1cccc2c1CCCC=C2. The molecule has 0 saturated carbocycles. The van der Waals surface area contributed by atoms with Crippen LogP contribution < -0.4 is 10.1 Å². The van der Waals surface area contributed by atoms with Gasteiger partial charge in [-0.3, -0.25) is 0 Å². The quantitative estimate of drug-likeness (QED) is 0.839. The first-order valence-corrected chi connectivity index (χ1v) is 7.49. The van der Waals surface area contributed by atoms with Gasteiger partial charge < -0.3 is 15.2 Å². The molecule has 0 spiro atoms. The number of aliphatic hydroxyl groups is 1. The van der Waals surface area contributed by atoms with E-state index in [2.05, 4.69) is 37.4 Å². The molecule has 1 aromatic rings. The molecule has 20 heavy (non-hydrogen) atoms. The molecule has 1 unspecified atom stereocenters. The molecule has 1 atom stereocenters. The van der Waals surface area contributed by atoms with Gasteiger partial charge in [0, 0.05) is 18.2 Å². The largest absolute Gasteiger partial charge is 0.491 e. The van der Waals surface area contributed by atoms with Crippen LogP contribution >= 0.6 is 0 Å². The third-order valence-corrected chi connectivity index (χ3v) is 3.46. The number of benzene rings is 1. The van der Waals surface area contributed by atoms with Crippen molar-refractivity contribution in [3.8, 4) is 5.75 Å². The molecule has 2 rings (SSSR count). The van der Waals surface area contributed by atoms with Crippen LogP contribution in [0, 0.1) is 0 Å². The molecular formula is C17H25NO2. The lowest BCUT2D eigenvalue weighted by atomic mass is 10.0. The second-order valence-corrected chi connectivity index (χ2v) is 5.65. The van der Waals surface area contributed by atoms with E-state index in [1.54, 1.807) is 0 Å². The zero-order valence-electron chi connectivity index (χ0n) is 12.4. The molecule has 0 amide bonds. The van der Waals surface area contributed by atoms with Crippen molar-refractivity contribution in [2.24, 2.45) is 0 Å². The van der Waals surface area contributed by atoms with Crippen molar-refractivity contribution in [2.75, 3.05) is 13.2 Å². The number of hydrogen-bond acceptors (Lipinski definition) is 3. The van der Waals surface area contributed by atoms with Crippen molar-refractivity contribution in [1.82, 2.24) is 5.32 Å². The van der Waals surface area contributed by atoms with Crippen LogP contribution in [-0.4, -0.2) is 30.4 Å². The Morgan fingerprint density at radius 2 is 2.20 bits per heavy atom. The first-order valence-electron chi connectivity index (χ1n) is 7.49. The standard InChI is InChI=1S/C17H25NO2/c1-13(2)18-11-15(19)12-20-17-10-6-8-14-7-4-3-5-9-16(14)17/h4,6-8,10,13,15,18-19H,3,5,9,11-12H2,1-2H3. The summed E-state index contributed by atoms with van der Waals surface area (Å²) in [6.45, 7) is 5.03. The van der Waals surface area contributed by atoms with Gasteiger partial charge in [0.2, 0.25) is 0 Å². The van der Waals surface area contributed by atoms with Crippen molar-refractivity contribution in [3.05, 3.63) is 35.4 Å². The first-order chi connectivity index (χ1) is 9.66. The average Bonchev–Trinajstić information content (AvgIpc) is 2.68. The molecule has 0 aliphatic heterocycles. The summed E-state index contributed by atoms with van der Waals surface area (Å²) in [5.74, 6) is 0.914. The van der Waals surface area contributed by atoms with E-state index in [1.807, 2.05) is 12.1 Å². The maximum atomic E-state index is 9.92. The Bertz CT molecular complexity index is 454. The van der Waals surface area contributed by atoms with Crippen LogP contribution in [0.2, 0.25) is 0 Å². The van der Waals surface area contributed by atoms with Gasteiger partial charge in [0.1, 0.15) is 18.5 Å². The molecule has 3 heteroatoms. The predicted octanol–water partition coefficient (Wildman–Crippen LogP) is 2.77. The van der Waals surface area contributed by atoms with Crippen LogP contribution in [0.5, 0.6) is 5.75 Å². The summed E-state index contributed by atoms with van der Waals surface area (Å²) in [4.78, 5) is 0. The summed E-state index contributed by atoms with van der Waals surface area (Å²) in [6, 6.07) is 6.52. The summed E-state index contributed by atoms with van der Waals surface area (Å²) < 4.78 is 5.83. The summed E-state index contributed by atoms with van der Waals surface area (Å²) in [6.07, 6.45) is 7.23. The third-order valence-electron chi connectivity index (χ3n) is 3.46. The van der Waals surface area contributed by atoms with E-state index < -0.39 is 6.10 Å². The molecule has 1 aromatic carbocycles. The lowest BCUT2D eigenvalue weighted by molar-refractivity contribution is 0.104. The Kier molecular flexibility index (Phi) is 5.62. The number of allylic oxidation sites excluding steroid dienone is 1. The Morgan fingerprint density at radius 3 is 3.00 bits per heavy atom. The van der Waals surface area contributed by atoms with Crippen molar-refractivity contribution in [3.63, 3.8) is 0 Å². The minimum atomic E-state index is -0.477. The Hall–Kier alpha value is -1.32. The molecule has 0 aromatic heterocycles. The zero-order chi connectivity index (χ0) is 14.4. The third kappa shape index (κ3) is 4.36. The number of ether oxygens (including phenoxy) is 1. The van der Waals surface area contributed by atoms with E-state index in [9.17, 15) is 5.11 Å².